The third kappa shape index (κ3) is 3.24. The fraction of sp³-hybridized carbons (Fsp3) is 0.318. The second-order valence-corrected chi connectivity index (χ2v) is 8.29. The maximum Gasteiger partial charge on any atom is 0.236 e. The number of carbonyl (C=O) groups excluding carboxylic acids is 1. The van der Waals surface area contributed by atoms with Crippen LogP contribution in [-0.4, -0.2) is 56.7 Å². The molecule has 1 atom stereocenters. The Bertz CT molecular complexity index is 1200. The molecule has 5 rings (SSSR count). The van der Waals surface area contributed by atoms with Crippen LogP contribution >= 0.6 is 11.8 Å². The molecule has 0 N–H and O–H groups in total. The lowest BCUT2D eigenvalue weighted by atomic mass is 10.2. The van der Waals surface area contributed by atoms with E-state index in [2.05, 4.69) is 17.4 Å². The first kappa shape index (κ1) is 18.4. The van der Waals surface area contributed by atoms with Crippen LogP contribution < -0.4 is 0 Å². The molecule has 0 unspecified atom stereocenters. The Labute approximate surface area is 172 Å². The van der Waals surface area contributed by atoms with E-state index in [0.29, 0.717) is 26.3 Å². The number of hydrogen-bond donors (Lipinski definition) is 0. The molecule has 7 heteroatoms. The Kier molecular flexibility index (Phi) is 4.85. The number of para-hydroxylation sites is 3. The van der Waals surface area contributed by atoms with E-state index >= 15 is 0 Å². The van der Waals surface area contributed by atoms with Gasteiger partial charge in [-0.15, -0.1) is 0 Å². The van der Waals surface area contributed by atoms with Crippen molar-refractivity contribution in [2.24, 2.45) is 0 Å². The number of fused-ring (bicyclic) bond motifs is 5. The summed E-state index contributed by atoms with van der Waals surface area (Å²) in [5.74, 6) is 0.160. The first-order valence-electron chi connectivity index (χ1n) is 9.95. The lowest BCUT2D eigenvalue weighted by molar-refractivity contribution is -0.134. The summed E-state index contributed by atoms with van der Waals surface area (Å²) < 4.78 is 7.49. The van der Waals surface area contributed by atoms with Gasteiger partial charge in [0.15, 0.2) is 5.16 Å². The topological polar surface area (TPSA) is 59.7 Å². The van der Waals surface area contributed by atoms with Gasteiger partial charge in [-0.05, 0) is 30.7 Å². The molecule has 1 saturated heterocycles. The van der Waals surface area contributed by atoms with E-state index in [9.17, 15) is 4.79 Å². The number of benzene rings is 2. The highest BCUT2D eigenvalue weighted by molar-refractivity contribution is 8.00. The molecule has 3 heterocycles. The monoisotopic (exact) mass is 406 g/mol. The first-order chi connectivity index (χ1) is 14.3. The summed E-state index contributed by atoms with van der Waals surface area (Å²) in [4.78, 5) is 24.8. The smallest absolute Gasteiger partial charge is 0.236 e. The zero-order chi connectivity index (χ0) is 19.8. The fourth-order valence-corrected chi connectivity index (χ4v) is 4.93. The molecule has 1 amide bonds. The predicted molar refractivity (Wildman–Crippen MR) is 115 cm³/mol. The number of imidazole rings is 1. The van der Waals surface area contributed by atoms with Gasteiger partial charge in [0.2, 0.25) is 5.91 Å². The number of morpholine rings is 1. The minimum atomic E-state index is -0.189. The van der Waals surface area contributed by atoms with Gasteiger partial charge in [-0.2, -0.15) is 0 Å². The Hall–Kier alpha value is -2.64. The zero-order valence-electron chi connectivity index (χ0n) is 16.2. The molecular formula is C22H22N4O2S. The summed E-state index contributed by atoms with van der Waals surface area (Å²) in [6.07, 6.45) is 0.740. The summed E-state index contributed by atoms with van der Waals surface area (Å²) in [7, 11) is 0. The highest BCUT2D eigenvalue weighted by Crippen LogP contribution is 2.32. The van der Waals surface area contributed by atoms with Gasteiger partial charge in [-0.3, -0.25) is 9.20 Å². The molecule has 0 aliphatic carbocycles. The molecule has 0 bridgehead atoms. The third-order valence-electron chi connectivity index (χ3n) is 5.33. The second-order valence-electron chi connectivity index (χ2n) is 7.12. The van der Waals surface area contributed by atoms with Crippen molar-refractivity contribution in [2.45, 2.75) is 23.8 Å². The molecule has 1 fully saturated rings. The largest absolute Gasteiger partial charge is 0.378 e. The minimum absolute atomic E-state index is 0.160. The SMILES string of the molecule is CC[C@H](Sc1nc2ccccc2c2nc3ccccc3n12)C(=O)N1CCOCC1. The van der Waals surface area contributed by atoms with E-state index in [1.807, 2.05) is 47.4 Å². The average molecular weight is 407 g/mol. The summed E-state index contributed by atoms with van der Waals surface area (Å²) in [5.41, 5.74) is 3.72. The van der Waals surface area contributed by atoms with E-state index < -0.39 is 0 Å². The molecule has 2 aromatic carbocycles. The summed E-state index contributed by atoms with van der Waals surface area (Å²) >= 11 is 1.53. The molecule has 0 spiro atoms. The molecule has 0 saturated carbocycles. The molecule has 2 aromatic heterocycles. The third-order valence-corrected chi connectivity index (χ3v) is 6.63. The summed E-state index contributed by atoms with van der Waals surface area (Å²) in [6.45, 7) is 4.59. The van der Waals surface area contributed by atoms with Crippen molar-refractivity contribution < 1.29 is 9.53 Å². The molecule has 4 aromatic rings. The van der Waals surface area contributed by atoms with Crippen molar-refractivity contribution >= 4 is 45.3 Å². The molecule has 148 valence electrons. The molecular weight excluding hydrogens is 384 g/mol. The minimum Gasteiger partial charge on any atom is -0.378 e. The van der Waals surface area contributed by atoms with Crippen molar-refractivity contribution in [3.63, 3.8) is 0 Å². The number of carbonyl (C=O) groups is 1. The standard InChI is InChI=1S/C22H22N4O2S/c1-2-19(21(27)25-11-13-28-14-12-25)29-22-24-16-8-4-3-7-15(16)20-23-17-9-5-6-10-18(17)26(20)22/h3-10,19H,2,11-14H2,1H3/t19-/m0/s1. The van der Waals surface area contributed by atoms with Crippen LogP contribution in [0.2, 0.25) is 0 Å². The van der Waals surface area contributed by atoms with E-state index in [1.165, 1.54) is 11.8 Å². The van der Waals surface area contributed by atoms with Crippen LogP contribution in [0.1, 0.15) is 13.3 Å². The van der Waals surface area contributed by atoms with Crippen molar-refractivity contribution in [1.29, 1.82) is 0 Å². The highest BCUT2D eigenvalue weighted by Gasteiger charge is 2.27. The van der Waals surface area contributed by atoms with Gasteiger partial charge in [0, 0.05) is 18.5 Å². The van der Waals surface area contributed by atoms with Crippen LogP contribution in [0.25, 0.3) is 27.6 Å². The van der Waals surface area contributed by atoms with Crippen LogP contribution in [0.4, 0.5) is 0 Å². The summed E-state index contributed by atoms with van der Waals surface area (Å²) in [5, 5.41) is 1.63. The molecule has 1 aliphatic heterocycles. The zero-order valence-corrected chi connectivity index (χ0v) is 17.1. The lowest BCUT2D eigenvalue weighted by Gasteiger charge is -2.29. The first-order valence-corrected chi connectivity index (χ1v) is 10.8. The van der Waals surface area contributed by atoms with E-state index in [4.69, 9.17) is 14.7 Å². The number of hydrogen-bond acceptors (Lipinski definition) is 5. The number of rotatable bonds is 4. The quantitative estimate of drug-likeness (QED) is 0.381. The highest BCUT2D eigenvalue weighted by atomic mass is 32.2. The Morgan fingerprint density at radius 1 is 1.07 bits per heavy atom. The fourth-order valence-electron chi connectivity index (χ4n) is 3.82. The van der Waals surface area contributed by atoms with Gasteiger partial charge in [-0.25, -0.2) is 9.97 Å². The van der Waals surface area contributed by atoms with Gasteiger partial charge in [0.05, 0.1) is 35.0 Å². The van der Waals surface area contributed by atoms with Crippen molar-refractivity contribution in [3.05, 3.63) is 48.5 Å². The number of thioether (sulfide) groups is 1. The summed E-state index contributed by atoms with van der Waals surface area (Å²) in [6, 6.07) is 16.1. The Balaban J connectivity index is 1.63. The van der Waals surface area contributed by atoms with E-state index in [1.54, 1.807) is 0 Å². The number of ether oxygens (including phenoxy) is 1. The van der Waals surface area contributed by atoms with Gasteiger partial charge < -0.3 is 9.64 Å². The van der Waals surface area contributed by atoms with E-state index in [0.717, 1.165) is 39.2 Å². The maximum absolute atomic E-state index is 13.1. The van der Waals surface area contributed by atoms with Gasteiger partial charge >= 0.3 is 0 Å². The number of amides is 1. The van der Waals surface area contributed by atoms with Crippen molar-refractivity contribution in [2.75, 3.05) is 26.3 Å². The Morgan fingerprint density at radius 3 is 2.59 bits per heavy atom. The molecule has 1 aliphatic rings. The van der Waals surface area contributed by atoms with Gasteiger partial charge in [0.25, 0.3) is 0 Å². The Morgan fingerprint density at radius 2 is 1.79 bits per heavy atom. The lowest BCUT2D eigenvalue weighted by Crippen LogP contribution is -2.44. The predicted octanol–water partition coefficient (Wildman–Crippen LogP) is 3.77. The number of aromatic nitrogens is 3. The maximum atomic E-state index is 13.1. The van der Waals surface area contributed by atoms with E-state index in [-0.39, 0.29) is 11.2 Å². The van der Waals surface area contributed by atoms with Crippen LogP contribution in [-0.2, 0) is 9.53 Å². The number of nitrogens with zero attached hydrogens (tertiary/aromatic N) is 4. The van der Waals surface area contributed by atoms with Crippen molar-refractivity contribution in [1.82, 2.24) is 19.3 Å². The van der Waals surface area contributed by atoms with Crippen LogP contribution in [0.15, 0.2) is 53.7 Å². The van der Waals surface area contributed by atoms with Crippen LogP contribution in [0, 0.1) is 0 Å². The normalized spacial score (nSPS) is 16.0. The van der Waals surface area contributed by atoms with Crippen LogP contribution in [0.3, 0.4) is 0 Å². The van der Waals surface area contributed by atoms with Crippen molar-refractivity contribution in [3.8, 4) is 0 Å². The van der Waals surface area contributed by atoms with Crippen LogP contribution in [0.5, 0.6) is 0 Å². The van der Waals surface area contributed by atoms with Gasteiger partial charge in [0.1, 0.15) is 5.65 Å². The second kappa shape index (κ2) is 7.65. The molecule has 6 nitrogen and oxygen atoms in total. The molecule has 29 heavy (non-hydrogen) atoms. The van der Waals surface area contributed by atoms with Gasteiger partial charge in [-0.1, -0.05) is 43.0 Å². The molecule has 0 radical (unpaired) electrons. The average Bonchev–Trinajstić information content (AvgIpc) is 3.18.